The minimum atomic E-state index is -1.17. The highest BCUT2D eigenvalue weighted by molar-refractivity contribution is 5.94. The molecule has 4 N–H and O–H groups in total. The highest BCUT2D eigenvalue weighted by Crippen LogP contribution is 2.19. The molecule has 1 fully saturated rings. The number of likely N-dealkylation sites (tertiary alicyclic amines) is 1. The first kappa shape index (κ1) is 23.8. The van der Waals surface area contributed by atoms with E-state index in [1.807, 2.05) is 6.07 Å². The zero-order valence-electron chi connectivity index (χ0n) is 17.2. The van der Waals surface area contributed by atoms with E-state index in [4.69, 9.17) is 5.11 Å². The molecule has 2 rings (SSSR count). The Hall–Kier alpha value is -3.43. The lowest BCUT2D eigenvalue weighted by Crippen LogP contribution is -2.55. The number of aliphatic carboxylic acids is 2. The molecule has 0 spiro atoms. The molecule has 0 aromatic heterocycles. The number of amides is 3. The van der Waals surface area contributed by atoms with E-state index >= 15 is 0 Å². The summed E-state index contributed by atoms with van der Waals surface area (Å²) in [6.45, 7) is 1.77. The number of hydrogen-bond acceptors (Lipinski definition) is 5. The van der Waals surface area contributed by atoms with Crippen molar-refractivity contribution in [3.8, 4) is 0 Å². The van der Waals surface area contributed by atoms with Crippen LogP contribution in [0.5, 0.6) is 0 Å². The van der Waals surface area contributed by atoms with Crippen LogP contribution in [0.15, 0.2) is 30.3 Å². The van der Waals surface area contributed by atoms with Crippen LogP contribution in [-0.4, -0.2) is 69.4 Å². The van der Waals surface area contributed by atoms with Crippen molar-refractivity contribution in [2.45, 2.75) is 57.2 Å². The van der Waals surface area contributed by atoms with Crippen LogP contribution in [-0.2, 0) is 30.4 Å². The summed E-state index contributed by atoms with van der Waals surface area (Å²) in [5.41, 5.74) is 0.757. The van der Waals surface area contributed by atoms with E-state index in [2.05, 4.69) is 10.6 Å². The SMILES string of the molecule is C[C@H](NC(=O)CCC(=O)O)C(=O)N1CCC[C@H]1C(=O)N[C@@H](Cc1ccccc1)C(=O)O. The van der Waals surface area contributed by atoms with Gasteiger partial charge in [0.15, 0.2) is 0 Å². The first-order valence-electron chi connectivity index (χ1n) is 10.1. The van der Waals surface area contributed by atoms with E-state index in [-0.39, 0.29) is 19.3 Å². The van der Waals surface area contributed by atoms with Crippen molar-refractivity contribution in [1.29, 1.82) is 0 Å². The van der Waals surface area contributed by atoms with Gasteiger partial charge in [-0.1, -0.05) is 30.3 Å². The van der Waals surface area contributed by atoms with Crippen molar-refractivity contribution in [1.82, 2.24) is 15.5 Å². The van der Waals surface area contributed by atoms with Gasteiger partial charge >= 0.3 is 11.9 Å². The van der Waals surface area contributed by atoms with Gasteiger partial charge in [-0.05, 0) is 25.3 Å². The average Bonchev–Trinajstić information content (AvgIpc) is 3.21. The predicted molar refractivity (Wildman–Crippen MR) is 109 cm³/mol. The van der Waals surface area contributed by atoms with E-state index in [0.717, 1.165) is 5.56 Å². The molecule has 1 aliphatic rings. The zero-order valence-corrected chi connectivity index (χ0v) is 17.2. The van der Waals surface area contributed by atoms with E-state index in [1.54, 1.807) is 24.3 Å². The lowest BCUT2D eigenvalue weighted by Gasteiger charge is -2.28. The second kappa shape index (κ2) is 11.1. The molecule has 0 aliphatic carbocycles. The van der Waals surface area contributed by atoms with Gasteiger partial charge < -0.3 is 25.7 Å². The zero-order chi connectivity index (χ0) is 23.0. The first-order chi connectivity index (χ1) is 14.7. The quantitative estimate of drug-likeness (QED) is 0.410. The fourth-order valence-electron chi connectivity index (χ4n) is 3.47. The summed E-state index contributed by atoms with van der Waals surface area (Å²) < 4.78 is 0. The Balaban J connectivity index is 1.98. The summed E-state index contributed by atoms with van der Waals surface area (Å²) in [6.07, 6.45) is 0.462. The molecule has 1 aromatic carbocycles. The van der Waals surface area contributed by atoms with Gasteiger partial charge in [0.2, 0.25) is 17.7 Å². The molecule has 1 aromatic rings. The topological polar surface area (TPSA) is 153 Å². The molecule has 0 saturated carbocycles. The van der Waals surface area contributed by atoms with Crippen LogP contribution in [0.1, 0.15) is 38.2 Å². The molecule has 0 radical (unpaired) electrons. The minimum absolute atomic E-state index is 0.110. The molecule has 10 heteroatoms. The highest BCUT2D eigenvalue weighted by Gasteiger charge is 2.37. The third-order valence-electron chi connectivity index (χ3n) is 5.05. The molecule has 1 saturated heterocycles. The summed E-state index contributed by atoms with van der Waals surface area (Å²) in [7, 11) is 0. The summed E-state index contributed by atoms with van der Waals surface area (Å²) >= 11 is 0. The van der Waals surface area contributed by atoms with Gasteiger partial charge in [0.1, 0.15) is 18.1 Å². The molecular formula is C21H27N3O7. The number of nitrogens with zero attached hydrogens (tertiary/aromatic N) is 1. The normalized spacial score (nSPS) is 17.5. The molecule has 3 amide bonds. The first-order valence-corrected chi connectivity index (χ1v) is 10.1. The van der Waals surface area contributed by atoms with Gasteiger partial charge in [0.05, 0.1) is 6.42 Å². The largest absolute Gasteiger partial charge is 0.481 e. The maximum atomic E-state index is 12.8. The molecule has 0 bridgehead atoms. The Kier molecular flexibility index (Phi) is 8.53. The van der Waals surface area contributed by atoms with E-state index in [0.29, 0.717) is 19.4 Å². The van der Waals surface area contributed by atoms with Gasteiger partial charge in [-0.25, -0.2) is 4.79 Å². The third kappa shape index (κ3) is 7.09. The van der Waals surface area contributed by atoms with Crippen molar-refractivity contribution in [3.63, 3.8) is 0 Å². The number of nitrogens with one attached hydrogen (secondary N) is 2. The van der Waals surface area contributed by atoms with Crippen molar-refractivity contribution in [3.05, 3.63) is 35.9 Å². The maximum absolute atomic E-state index is 12.8. The van der Waals surface area contributed by atoms with Crippen LogP contribution in [0.3, 0.4) is 0 Å². The standard InChI is InChI=1S/C21H27N3O7/c1-13(22-17(25)9-10-18(26)27)20(29)24-11-5-8-16(24)19(28)23-15(21(30)31)12-14-6-3-2-4-7-14/h2-4,6-7,13,15-16H,5,8-12H2,1H3,(H,22,25)(H,23,28)(H,26,27)(H,30,31)/t13-,15-,16-/m0/s1. The smallest absolute Gasteiger partial charge is 0.326 e. The van der Waals surface area contributed by atoms with Crippen LogP contribution >= 0.6 is 0 Å². The second-order valence-corrected chi connectivity index (χ2v) is 7.46. The number of carboxylic acids is 2. The number of carbonyl (C=O) groups excluding carboxylic acids is 3. The van der Waals surface area contributed by atoms with Gasteiger partial charge in [-0.15, -0.1) is 0 Å². The fourth-order valence-corrected chi connectivity index (χ4v) is 3.47. The molecule has 1 heterocycles. The van der Waals surface area contributed by atoms with Crippen LogP contribution < -0.4 is 10.6 Å². The van der Waals surface area contributed by atoms with E-state index in [1.165, 1.54) is 11.8 Å². The van der Waals surface area contributed by atoms with Crippen LogP contribution in [0.2, 0.25) is 0 Å². The summed E-state index contributed by atoms with van der Waals surface area (Å²) in [5, 5.41) is 23.1. The molecule has 0 unspecified atom stereocenters. The lowest BCUT2D eigenvalue weighted by atomic mass is 10.1. The van der Waals surface area contributed by atoms with Gasteiger partial charge in [-0.2, -0.15) is 0 Å². The number of carboxylic acid groups (broad SMARTS) is 2. The Morgan fingerprint density at radius 3 is 2.35 bits per heavy atom. The van der Waals surface area contributed by atoms with Crippen molar-refractivity contribution >= 4 is 29.7 Å². The number of benzene rings is 1. The molecule has 168 valence electrons. The number of rotatable bonds is 10. The molecule has 3 atom stereocenters. The lowest BCUT2D eigenvalue weighted by molar-refractivity contribution is -0.144. The predicted octanol–water partition coefficient (Wildman–Crippen LogP) is 0.159. The molecule has 31 heavy (non-hydrogen) atoms. The summed E-state index contributed by atoms with van der Waals surface area (Å²) in [4.78, 5) is 60.8. The summed E-state index contributed by atoms with van der Waals surface area (Å²) in [5.74, 6) is -3.90. The van der Waals surface area contributed by atoms with Crippen molar-refractivity contribution in [2.75, 3.05) is 6.54 Å². The van der Waals surface area contributed by atoms with E-state index in [9.17, 15) is 29.1 Å². The Labute approximate surface area is 179 Å². The maximum Gasteiger partial charge on any atom is 0.326 e. The van der Waals surface area contributed by atoms with Crippen LogP contribution in [0, 0.1) is 0 Å². The Bertz CT molecular complexity index is 828. The number of hydrogen-bond donors (Lipinski definition) is 4. The van der Waals surface area contributed by atoms with E-state index < -0.39 is 47.8 Å². The highest BCUT2D eigenvalue weighted by atomic mass is 16.4. The molecule has 10 nitrogen and oxygen atoms in total. The molecular weight excluding hydrogens is 406 g/mol. The average molecular weight is 433 g/mol. The monoisotopic (exact) mass is 433 g/mol. The Morgan fingerprint density at radius 1 is 1.06 bits per heavy atom. The number of carbonyl (C=O) groups is 5. The second-order valence-electron chi connectivity index (χ2n) is 7.46. The fraction of sp³-hybridized carbons (Fsp3) is 0.476. The van der Waals surface area contributed by atoms with Gasteiger partial charge in [0, 0.05) is 19.4 Å². The van der Waals surface area contributed by atoms with Crippen LogP contribution in [0.25, 0.3) is 0 Å². The van der Waals surface area contributed by atoms with Crippen molar-refractivity contribution < 1.29 is 34.2 Å². The van der Waals surface area contributed by atoms with Gasteiger partial charge in [0.25, 0.3) is 0 Å². The minimum Gasteiger partial charge on any atom is -0.481 e. The summed E-state index contributed by atoms with van der Waals surface area (Å²) in [6, 6.07) is 5.99. The van der Waals surface area contributed by atoms with Crippen molar-refractivity contribution in [2.24, 2.45) is 0 Å². The third-order valence-corrected chi connectivity index (χ3v) is 5.05. The van der Waals surface area contributed by atoms with Crippen LogP contribution in [0.4, 0.5) is 0 Å². The van der Waals surface area contributed by atoms with Gasteiger partial charge in [-0.3, -0.25) is 19.2 Å². The molecule has 1 aliphatic heterocycles. The Morgan fingerprint density at radius 2 is 1.74 bits per heavy atom.